The summed E-state index contributed by atoms with van der Waals surface area (Å²) >= 11 is 3.41. The summed E-state index contributed by atoms with van der Waals surface area (Å²) in [4.78, 5) is 22.5. The van der Waals surface area contributed by atoms with Gasteiger partial charge in [0.05, 0.1) is 24.2 Å². The summed E-state index contributed by atoms with van der Waals surface area (Å²) in [5.41, 5.74) is -0.0903. The van der Waals surface area contributed by atoms with E-state index in [1.165, 1.54) is 25.3 Å². The van der Waals surface area contributed by atoms with Crippen molar-refractivity contribution in [3.05, 3.63) is 33.9 Å². The van der Waals surface area contributed by atoms with Gasteiger partial charge >= 0.3 is 5.69 Å². The summed E-state index contributed by atoms with van der Waals surface area (Å²) in [5.74, 6) is -0.444. The Morgan fingerprint density at radius 1 is 1.48 bits per heavy atom. The molecule has 0 fully saturated rings. The molecule has 0 radical (unpaired) electrons. The number of hydrogen-bond acceptors (Lipinski definition) is 5. The number of halogens is 1. The van der Waals surface area contributed by atoms with Crippen LogP contribution in [0.4, 0.5) is 5.69 Å². The lowest BCUT2D eigenvalue weighted by Gasteiger charge is -2.11. The zero-order valence-corrected chi connectivity index (χ0v) is 13.4. The number of benzene rings is 1. The highest BCUT2D eigenvalue weighted by Gasteiger charge is 2.22. The molecular weight excluding hydrogens is 344 g/mol. The second kappa shape index (κ2) is 8.58. The molecule has 1 N–H and O–H groups in total. The Balaban J connectivity index is 2.74. The first-order chi connectivity index (χ1) is 10.0. The van der Waals surface area contributed by atoms with Crippen molar-refractivity contribution in [3.63, 3.8) is 0 Å². The number of methoxy groups -OCH3 is 2. The zero-order chi connectivity index (χ0) is 15.8. The molecule has 1 aromatic rings. The Kier molecular flexibility index (Phi) is 7.10. The molecule has 1 unspecified atom stereocenters. The van der Waals surface area contributed by atoms with Crippen LogP contribution in [0.1, 0.15) is 16.8 Å². The van der Waals surface area contributed by atoms with Crippen LogP contribution in [0.5, 0.6) is 5.75 Å². The topological polar surface area (TPSA) is 90.7 Å². The van der Waals surface area contributed by atoms with Gasteiger partial charge < -0.3 is 14.8 Å². The summed E-state index contributed by atoms with van der Waals surface area (Å²) in [6.45, 7) is 0.958. The number of hydrogen-bond donors (Lipinski definition) is 1. The maximum atomic E-state index is 12.1. The zero-order valence-electron chi connectivity index (χ0n) is 11.8. The van der Waals surface area contributed by atoms with E-state index in [2.05, 4.69) is 21.2 Å². The van der Waals surface area contributed by atoms with Crippen molar-refractivity contribution >= 4 is 27.5 Å². The molecule has 1 aromatic carbocycles. The van der Waals surface area contributed by atoms with Crippen molar-refractivity contribution in [2.24, 2.45) is 0 Å². The van der Waals surface area contributed by atoms with E-state index in [0.717, 1.165) is 0 Å². The molecule has 0 aliphatic rings. The molecule has 0 aliphatic heterocycles. The standard InChI is InChI=1S/C13H17BrN2O5/c1-20-8-9(14)6-7-15-13(17)10-4-3-5-11(16(18)19)12(10)21-2/h3-5,9H,6-8H2,1-2H3,(H,15,17). The summed E-state index contributed by atoms with van der Waals surface area (Å²) in [5, 5.41) is 13.6. The molecular formula is C13H17BrN2O5. The molecule has 0 saturated carbocycles. The second-order valence-electron chi connectivity index (χ2n) is 4.21. The van der Waals surface area contributed by atoms with Gasteiger partial charge in [-0.2, -0.15) is 0 Å². The van der Waals surface area contributed by atoms with Gasteiger partial charge in [-0.3, -0.25) is 14.9 Å². The Labute approximate surface area is 130 Å². The van der Waals surface area contributed by atoms with Gasteiger partial charge in [0, 0.05) is 24.5 Å². The summed E-state index contributed by atoms with van der Waals surface area (Å²) in [6, 6.07) is 4.23. The van der Waals surface area contributed by atoms with Gasteiger partial charge in [0.25, 0.3) is 5.91 Å². The van der Waals surface area contributed by atoms with Gasteiger partial charge in [-0.25, -0.2) is 0 Å². The summed E-state index contributed by atoms with van der Waals surface area (Å²) in [6.07, 6.45) is 0.677. The third kappa shape index (κ3) is 4.98. The normalized spacial score (nSPS) is 11.8. The second-order valence-corrected chi connectivity index (χ2v) is 5.51. The molecule has 0 bridgehead atoms. The van der Waals surface area contributed by atoms with Crippen molar-refractivity contribution in [1.29, 1.82) is 0 Å². The molecule has 0 aromatic heterocycles. The highest BCUT2D eigenvalue weighted by atomic mass is 79.9. The van der Waals surface area contributed by atoms with Gasteiger partial charge in [0.15, 0.2) is 0 Å². The number of amides is 1. The van der Waals surface area contributed by atoms with Crippen molar-refractivity contribution in [2.45, 2.75) is 11.2 Å². The molecule has 0 heterocycles. The van der Waals surface area contributed by atoms with E-state index in [9.17, 15) is 14.9 Å². The predicted molar refractivity (Wildman–Crippen MR) is 81.2 cm³/mol. The number of carbonyl (C=O) groups is 1. The molecule has 0 aliphatic carbocycles. The maximum absolute atomic E-state index is 12.1. The predicted octanol–water partition coefficient (Wildman–Crippen LogP) is 2.13. The Bertz CT molecular complexity index is 509. The Morgan fingerprint density at radius 2 is 2.19 bits per heavy atom. The van der Waals surface area contributed by atoms with Gasteiger partial charge in [-0.1, -0.05) is 22.0 Å². The SMILES string of the molecule is COCC(Br)CCNC(=O)c1cccc([N+](=O)[O-])c1OC. The monoisotopic (exact) mass is 360 g/mol. The number of para-hydroxylation sites is 1. The van der Waals surface area contributed by atoms with Gasteiger partial charge in [-0.05, 0) is 12.5 Å². The molecule has 116 valence electrons. The smallest absolute Gasteiger partial charge is 0.311 e. The minimum absolute atomic E-state index is 0.0349. The van der Waals surface area contributed by atoms with Crippen LogP contribution in [0.2, 0.25) is 0 Å². The lowest BCUT2D eigenvalue weighted by molar-refractivity contribution is -0.385. The van der Waals surface area contributed by atoms with Crippen LogP contribution in [-0.4, -0.2) is 43.0 Å². The number of nitro benzene ring substituents is 1. The Hall–Kier alpha value is -1.67. The van der Waals surface area contributed by atoms with Gasteiger partial charge in [-0.15, -0.1) is 0 Å². The van der Waals surface area contributed by atoms with Crippen LogP contribution >= 0.6 is 15.9 Å². The molecule has 21 heavy (non-hydrogen) atoms. The quantitative estimate of drug-likeness (QED) is 0.435. The van der Waals surface area contributed by atoms with Crippen LogP contribution in [0.15, 0.2) is 18.2 Å². The van der Waals surface area contributed by atoms with E-state index in [0.29, 0.717) is 19.6 Å². The van der Waals surface area contributed by atoms with Crippen LogP contribution < -0.4 is 10.1 Å². The molecule has 1 rings (SSSR count). The minimum atomic E-state index is -0.581. The first-order valence-electron chi connectivity index (χ1n) is 6.23. The fourth-order valence-electron chi connectivity index (χ4n) is 1.76. The highest BCUT2D eigenvalue weighted by Crippen LogP contribution is 2.30. The summed E-state index contributed by atoms with van der Waals surface area (Å²) < 4.78 is 9.96. The molecule has 1 atom stereocenters. The number of nitrogens with one attached hydrogen (secondary N) is 1. The van der Waals surface area contributed by atoms with Crippen molar-refractivity contribution in [1.82, 2.24) is 5.32 Å². The van der Waals surface area contributed by atoms with E-state index in [1.54, 1.807) is 7.11 Å². The van der Waals surface area contributed by atoms with Crippen LogP contribution in [0.25, 0.3) is 0 Å². The largest absolute Gasteiger partial charge is 0.490 e. The number of carbonyl (C=O) groups excluding carboxylic acids is 1. The van der Waals surface area contributed by atoms with Crippen molar-refractivity contribution in [2.75, 3.05) is 27.4 Å². The van der Waals surface area contributed by atoms with Crippen molar-refractivity contribution < 1.29 is 19.2 Å². The Morgan fingerprint density at radius 3 is 2.76 bits per heavy atom. The fourth-order valence-corrected chi connectivity index (χ4v) is 2.26. The lowest BCUT2D eigenvalue weighted by Crippen LogP contribution is -2.27. The first kappa shape index (κ1) is 17.4. The molecule has 8 heteroatoms. The van der Waals surface area contributed by atoms with Crippen LogP contribution in [0, 0.1) is 10.1 Å². The maximum Gasteiger partial charge on any atom is 0.311 e. The number of nitro groups is 1. The third-order valence-corrected chi connectivity index (χ3v) is 3.45. The molecule has 0 spiro atoms. The van der Waals surface area contributed by atoms with Crippen LogP contribution in [-0.2, 0) is 4.74 Å². The highest BCUT2D eigenvalue weighted by molar-refractivity contribution is 9.09. The van der Waals surface area contributed by atoms with E-state index < -0.39 is 10.8 Å². The minimum Gasteiger partial charge on any atom is -0.490 e. The lowest BCUT2D eigenvalue weighted by atomic mass is 10.1. The van der Waals surface area contributed by atoms with E-state index in [-0.39, 0.29) is 21.8 Å². The number of alkyl halides is 1. The molecule has 1 amide bonds. The number of ether oxygens (including phenoxy) is 2. The molecule has 0 saturated heterocycles. The van der Waals surface area contributed by atoms with E-state index >= 15 is 0 Å². The average molecular weight is 361 g/mol. The van der Waals surface area contributed by atoms with Crippen LogP contribution in [0.3, 0.4) is 0 Å². The number of rotatable bonds is 8. The first-order valence-corrected chi connectivity index (χ1v) is 7.15. The summed E-state index contributed by atoms with van der Waals surface area (Å²) in [7, 11) is 2.90. The molecule has 7 nitrogen and oxygen atoms in total. The van der Waals surface area contributed by atoms with E-state index in [1.807, 2.05) is 0 Å². The average Bonchev–Trinajstić information content (AvgIpc) is 2.46. The third-order valence-electron chi connectivity index (χ3n) is 2.73. The fraction of sp³-hybridized carbons (Fsp3) is 0.462. The number of nitrogens with zero attached hydrogens (tertiary/aromatic N) is 1. The van der Waals surface area contributed by atoms with E-state index in [4.69, 9.17) is 9.47 Å². The van der Waals surface area contributed by atoms with Crippen molar-refractivity contribution in [3.8, 4) is 5.75 Å². The van der Waals surface area contributed by atoms with Gasteiger partial charge in [0.2, 0.25) is 5.75 Å². The van der Waals surface area contributed by atoms with Gasteiger partial charge in [0.1, 0.15) is 0 Å².